The molecule has 0 radical (unpaired) electrons. The fourth-order valence-electron chi connectivity index (χ4n) is 2.25. The molecule has 1 saturated heterocycles. The topological polar surface area (TPSA) is 62.1 Å². The van der Waals surface area contributed by atoms with Crippen LogP contribution in [0.4, 0.5) is 5.69 Å². The Kier molecular flexibility index (Phi) is 3.96. The number of nitrogens with one attached hydrogen (secondary N) is 1. The van der Waals surface area contributed by atoms with Crippen molar-refractivity contribution in [2.75, 3.05) is 11.9 Å². The minimum Gasteiger partial charge on any atom is -0.377 e. The van der Waals surface area contributed by atoms with Crippen LogP contribution in [-0.4, -0.2) is 18.6 Å². The number of carbonyl (C=O) groups is 1. The molecular weight excluding hydrogens is 228 g/mol. The lowest BCUT2D eigenvalue weighted by Gasteiger charge is -2.16. The van der Waals surface area contributed by atoms with Crippen LogP contribution in [0.5, 0.6) is 0 Å². The van der Waals surface area contributed by atoms with Gasteiger partial charge < -0.3 is 10.1 Å². The molecule has 0 aromatic heterocycles. The van der Waals surface area contributed by atoms with Gasteiger partial charge in [0, 0.05) is 12.3 Å². The van der Waals surface area contributed by atoms with Crippen molar-refractivity contribution in [3.63, 3.8) is 0 Å². The van der Waals surface area contributed by atoms with Crippen molar-refractivity contribution < 1.29 is 9.53 Å². The second-order valence-corrected chi connectivity index (χ2v) is 4.39. The molecule has 0 aliphatic carbocycles. The molecule has 1 aromatic rings. The first-order valence-electron chi connectivity index (χ1n) is 6.17. The molecule has 1 amide bonds. The van der Waals surface area contributed by atoms with E-state index in [9.17, 15) is 4.79 Å². The fraction of sp³-hybridized carbons (Fsp3) is 0.429. The summed E-state index contributed by atoms with van der Waals surface area (Å²) < 4.78 is 5.51. The molecule has 18 heavy (non-hydrogen) atoms. The Bertz CT molecular complexity index is 479. The lowest BCUT2D eigenvalue weighted by atomic mass is 9.98. The number of hydrogen-bond donors (Lipinski definition) is 1. The highest BCUT2D eigenvalue weighted by atomic mass is 16.5. The van der Waals surface area contributed by atoms with Crippen molar-refractivity contribution in [2.24, 2.45) is 5.92 Å². The van der Waals surface area contributed by atoms with Crippen molar-refractivity contribution in [3.05, 3.63) is 29.8 Å². The summed E-state index contributed by atoms with van der Waals surface area (Å²) in [5.41, 5.74) is 1.21. The summed E-state index contributed by atoms with van der Waals surface area (Å²) in [4.78, 5) is 12.1. The molecule has 1 aliphatic heterocycles. The number of amides is 1. The van der Waals surface area contributed by atoms with E-state index >= 15 is 0 Å². The third-order valence-electron chi connectivity index (χ3n) is 3.21. The minimum atomic E-state index is -0.0826. The quantitative estimate of drug-likeness (QED) is 0.887. The third kappa shape index (κ3) is 2.69. The van der Waals surface area contributed by atoms with Gasteiger partial charge in [-0.05, 0) is 31.0 Å². The van der Waals surface area contributed by atoms with E-state index in [1.54, 1.807) is 24.3 Å². The summed E-state index contributed by atoms with van der Waals surface area (Å²) >= 11 is 0. The lowest BCUT2D eigenvalue weighted by Crippen LogP contribution is -2.29. The van der Waals surface area contributed by atoms with E-state index in [2.05, 4.69) is 11.4 Å². The molecule has 1 aromatic carbocycles. The van der Waals surface area contributed by atoms with Crippen LogP contribution in [0.25, 0.3) is 0 Å². The summed E-state index contributed by atoms with van der Waals surface area (Å²) in [5, 5.41) is 11.7. The standard InChI is InChI=1S/C14H16N2O2/c1-2-13-12(6-7-18-13)14(17)16-11-5-3-4-10(8-11)9-15/h3-5,8,12-13H,2,6-7H2,1H3,(H,16,17). The molecule has 1 aliphatic rings. The van der Waals surface area contributed by atoms with Crippen LogP contribution >= 0.6 is 0 Å². The monoisotopic (exact) mass is 244 g/mol. The molecule has 2 unspecified atom stereocenters. The molecule has 4 heteroatoms. The Morgan fingerprint density at radius 2 is 2.44 bits per heavy atom. The highest BCUT2D eigenvalue weighted by Crippen LogP contribution is 2.25. The van der Waals surface area contributed by atoms with E-state index in [1.165, 1.54) is 0 Å². The minimum absolute atomic E-state index is 0.0177. The molecule has 2 atom stereocenters. The van der Waals surface area contributed by atoms with Gasteiger partial charge in [-0.3, -0.25) is 4.79 Å². The van der Waals surface area contributed by atoms with E-state index in [-0.39, 0.29) is 17.9 Å². The van der Waals surface area contributed by atoms with Gasteiger partial charge in [0.2, 0.25) is 5.91 Å². The number of nitriles is 1. The van der Waals surface area contributed by atoms with E-state index in [4.69, 9.17) is 10.00 Å². The van der Waals surface area contributed by atoms with Gasteiger partial charge in [0.05, 0.1) is 23.7 Å². The maximum atomic E-state index is 12.1. The Balaban J connectivity index is 2.04. The summed E-state index contributed by atoms with van der Waals surface area (Å²) in [6.07, 6.45) is 1.63. The molecule has 1 heterocycles. The number of nitrogens with zero attached hydrogens (tertiary/aromatic N) is 1. The van der Waals surface area contributed by atoms with E-state index in [1.807, 2.05) is 6.92 Å². The molecule has 0 spiro atoms. The van der Waals surface area contributed by atoms with E-state index in [0.29, 0.717) is 17.9 Å². The van der Waals surface area contributed by atoms with Crippen molar-refractivity contribution in [1.29, 1.82) is 5.26 Å². The van der Waals surface area contributed by atoms with Gasteiger partial charge in [-0.2, -0.15) is 5.26 Å². The first-order valence-corrected chi connectivity index (χ1v) is 6.17. The van der Waals surface area contributed by atoms with Crippen LogP contribution in [0.3, 0.4) is 0 Å². The number of ether oxygens (including phenoxy) is 1. The highest BCUT2D eigenvalue weighted by Gasteiger charge is 2.32. The fourth-order valence-corrected chi connectivity index (χ4v) is 2.25. The second kappa shape index (κ2) is 5.65. The zero-order valence-corrected chi connectivity index (χ0v) is 10.3. The Morgan fingerprint density at radius 1 is 1.61 bits per heavy atom. The maximum Gasteiger partial charge on any atom is 0.230 e. The van der Waals surface area contributed by atoms with Gasteiger partial charge in [-0.1, -0.05) is 13.0 Å². The lowest BCUT2D eigenvalue weighted by molar-refractivity contribution is -0.121. The number of anilines is 1. The second-order valence-electron chi connectivity index (χ2n) is 4.39. The number of rotatable bonds is 3. The van der Waals surface area contributed by atoms with Gasteiger partial charge in [-0.25, -0.2) is 0 Å². The first-order chi connectivity index (χ1) is 8.74. The van der Waals surface area contributed by atoms with Crippen LogP contribution in [0, 0.1) is 17.2 Å². The number of hydrogen-bond acceptors (Lipinski definition) is 3. The predicted molar refractivity (Wildman–Crippen MR) is 67.9 cm³/mol. The zero-order valence-electron chi connectivity index (χ0n) is 10.3. The van der Waals surface area contributed by atoms with Crippen LogP contribution in [0.2, 0.25) is 0 Å². The first kappa shape index (κ1) is 12.6. The molecule has 2 rings (SSSR count). The smallest absolute Gasteiger partial charge is 0.230 e. The Hall–Kier alpha value is -1.86. The van der Waals surface area contributed by atoms with Gasteiger partial charge >= 0.3 is 0 Å². The van der Waals surface area contributed by atoms with Crippen molar-refractivity contribution >= 4 is 11.6 Å². The largest absolute Gasteiger partial charge is 0.377 e. The van der Waals surface area contributed by atoms with Crippen molar-refractivity contribution in [1.82, 2.24) is 0 Å². The SMILES string of the molecule is CCC1OCCC1C(=O)Nc1cccc(C#N)c1. The van der Waals surface area contributed by atoms with E-state index in [0.717, 1.165) is 12.8 Å². The number of carbonyl (C=O) groups excluding carboxylic acids is 1. The molecule has 4 nitrogen and oxygen atoms in total. The molecule has 1 N–H and O–H groups in total. The molecule has 0 bridgehead atoms. The van der Waals surface area contributed by atoms with Gasteiger partial charge in [0.25, 0.3) is 0 Å². The molecule has 0 saturated carbocycles. The van der Waals surface area contributed by atoms with Gasteiger partial charge in [0.15, 0.2) is 0 Å². The predicted octanol–water partition coefficient (Wildman–Crippen LogP) is 2.31. The summed E-state index contributed by atoms with van der Waals surface area (Å²) in [7, 11) is 0. The molecule has 1 fully saturated rings. The van der Waals surface area contributed by atoms with Crippen LogP contribution in [0.1, 0.15) is 25.3 Å². The average molecular weight is 244 g/mol. The van der Waals surface area contributed by atoms with Crippen molar-refractivity contribution in [3.8, 4) is 6.07 Å². The van der Waals surface area contributed by atoms with Crippen LogP contribution in [0.15, 0.2) is 24.3 Å². The normalized spacial score (nSPS) is 22.4. The molecule has 94 valence electrons. The third-order valence-corrected chi connectivity index (χ3v) is 3.21. The highest BCUT2D eigenvalue weighted by molar-refractivity contribution is 5.93. The summed E-state index contributed by atoms with van der Waals surface area (Å²) in [5.74, 6) is -0.102. The Labute approximate surface area is 107 Å². The molecular formula is C14H16N2O2. The Morgan fingerprint density at radius 3 is 3.17 bits per heavy atom. The van der Waals surface area contributed by atoms with Gasteiger partial charge in [-0.15, -0.1) is 0 Å². The summed E-state index contributed by atoms with van der Waals surface area (Å²) in [6, 6.07) is 8.99. The summed E-state index contributed by atoms with van der Waals surface area (Å²) in [6.45, 7) is 2.67. The van der Waals surface area contributed by atoms with Crippen LogP contribution < -0.4 is 5.32 Å². The van der Waals surface area contributed by atoms with Gasteiger partial charge in [0.1, 0.15) is 0 Å². The van der Waals surface area contributed by atoms with Crippen molar-refractivity contribution in [2.45, 2.75) is 25.9 Å². The maximum absolute atomic E-state index is 12.1. The average Bonchev–Trinajstić information content (AvgIpc) is 2.87. The van der Waals surface area contributed by atoms with Crippen LogP contribution in [-0.2, 0) is 9.53 Å². The van der Waals surface area contributed by atoms with E-state index < -0.39 is 0 Å². The number of benzene rings is 1. The zero-order chi connectivity index (χ0) is 13.0.